The number of hydrogen-bond donors (Lipinski definition) is 3. The van der Waals surface area contributed by atoms with E-state index in [-0.39, 0.29) is 17.1 Å². The van der Waals surface area contributed by atoms with Crippen molar-refractivity contribution in [3.63, 3.8) is 0 Å². The van der Waals surface area contributed by atoms with Gasteiger partial charge < -0.3 is 10.4 Å². The highest BCUT2D eigenvalue weighted by Crippen LogP contribution is 2.06. The van der Waals surface area contributed by atoms with Crippen LogP contribution in [0.3, 0.4) is 0 Å². The second-order valence-electron chi connectivity index (χ2n) is 3.94. The molecule has 0 aliphatic carbocycles. The summed E-state index contributed by atoms with van der Waals surface area (Å²) in [7, 11) is -3.61. The van der Waals surface area contributed by atoms with Gasteiger partial charge in [-0.15, -0.1) is 0 Å². The van der Waals surface area contributed by atoms with Crippen molar-refractivity contribution >= 4 is 10.0 Å². The Kier molecular flexibility index (Phi) is 5.85. The number of sulfonamides is 1. The summed E-state index contributed by atoms with van der Waals surface area (Å²) in [5.74, 6) is 0. The number of nitrogens with zero attached hydrogens (tertiary/aromatic N) is 2. The van der Waals surface area contributed by atoms with Gasteiger partial charge in [-0.25, -0.2) is 18.1 Å². The Hall–Kier alpha value is -1.53. The summed E-state index contributed by atoms with van der Waals surface area (Å²) in [6.45, 7) is 2.66. The minimum atomic E-state index is -3.61. The maximum Gasteiger partial charge on any atom is 0.242 e. The van der Waals surface area contributed by atoms with Gasteiger partial charge in [-0.1, -0.05) is 0 Å². The smallest absolute Gasteiger partial charge is 0.242 e. The molecule has 1 unspecified atom stereocenters. The lowest BCUT2D eigenvalue weighted by Crippen LogP contribution is -2.34. The molecule has 0 fully saturated rings. The Morgan fingerprint density at radius 2 is 2.21 bits per heavy atom. The van der Waals surface area contributed by atoms with Crippen LogP contribution < -0.4 is 10.0 Å². The lowest BCUT2D eigenvalue weighted by molar-refractivity contribution is 0.192. The molecule has 1 atom stereocenters. The molecule has 0 aliphatic rings. The highest BCUT2D eigenvalue weighted by atomic mass is 32.2. The van der Waals surface area contributed by atoms with E-state index in [2.05, 4.69) is 15.0 Å². The van der Waals surface area contributed by atoms with Gasteiger partial charge >= 0.3 is 0 Å². The minimum Gasteiger partial charge on any atom is -0.392 e. The molecule has 0 saturated carbocycles. The maximum atomic E-state index is 11.8. The molecule has 3 N–H and O–H groups in total. The van der Waals surface area contributed by atoms with Crippen molar-refractivity contribution in [3.8, 4) is 6.07 Å². The molecule has 104 valence electrons. The van der Waals surface area contributed by atoms with Crippen LogP contribution in [0.2, 0.25) is 0 Å². The number of aliphatic hydroxyl groups excluding tert-OH is 1. The maximum absolute atomic E-state index is 11.8. The molecule has 0 saturated heterocycles. The van der Waals surface area contributed by atoms with Gasteiger partial charge in [0.1, 0.15) is 16.7 Å². The Labute approximate surface area is 112 Å². The first-order chi connectivity index (χ1) is 8.95. The number of rotatable bonds is 7. The average Bonchev–Trinajstić information content (AvgIpc) is 2.38. The van der Waals surface area contributed by atoms with Crippen LogP contribution in [0.5, 0.6) is 0 Å². The van der Waals surface area contributed by atoms with Crippen LogP contribution >= 0.6 is 0 Å². The molecule has 0 aliphatic heterocycles. The molecule has 0 radical (unpaired) electrons. The molecule has 0 bridgehead atoms. The number of aliphatic hydroxyl groups is 1. The quantitative estimate of drug-likeness (QED) is 0.565. The zero-order valence-electron chi connectivity index (χ0n) is 10.5. The summed E-state index contributed by atoms with van der Waals surface area (Å²) in [4.78, 5) is 3.72. The van der Waals surface area contributed by atoms with Crippen LogP contribution in [-0.2, 0) is 10.0 Å². The Morgan fingerprint density at radius 3 is 2.74 bits per heavy atom. The van der Waals surface area contributed by atoms with E-state index in [1.54, 1.807) is 6.92 Å². The van der Waals surface area contributed by atoms with Gasteiger partial charge in [0.25, 0.3) is 0 Å². The zero-order valence-corrected chi connectivity index (χ0v) is 11.3. The fourth-order valence-corrected chi connectivity index (χ4v) is 2.25. The normalized spacial score (nSPS) is 12.9. The van der Waals surface area contributed by atoms with E-state index in [0.717, 1.165) is 6.20 Å². The minimum absolute atomic E-state index is 0.0158. The monoisotopic (exact) mass is 284 g/mol. The Balaban J connectivity index is 2.49. The van der Waals surface area contributed by atoms with Gasteiger partial charge in [0.15, 0.2) is 0 Å². The molecule has 0 aromatic carbocycles. The van der Waals surface area contributed by atoms with Crippen molar-refractivity contribution in [1.29, 1.82) is 5.26 Å². The molecule has 7 nitrogen and oxygen atoms in total. The number of nitriles is 1. The van der Waals surface area contributed by atoms with Crippen molar-refractivity contribution in [2.45, 2.75) is 17.9 Å². The third-order valence-corrected chi connectivity index (χ3v) is 3.64. The van der Waals surface area contributed by atoms with E-state index in [1.165, 1.54) is 12.1 Å². The molecule has 1 aromatic rings. The van der Waals surface area contributed by atoms with E-state index in [4.69, 9.17) is 10.4 Å². The zero-order chi connectivity index (χ0) is 14.3. The average molecular weight is 284 g/mol. The van der Waals surface area contributed by atoms with Crippen LogP contribution in [0.15, 0.2) is 23.2 Å². The summed E-state index contributed by atoms with van der Waals surface area (Å²) in [6, 6.07) is 4.49. The standard InChI is InChI=1S/C11H16N4O3S/c1-9(16)7-13-4-5-15-19(17,18)11-3-2-10(6-12)14-8-11/h2-3,8-9,13,15-16H,4-5,7H2,1H3. The lowest BCUT2D eigenvalue weighted by Gasteiger charge is -2.08. The fraction of sp³-hybridized carbons (Fsp3) is 0.455. The first kappa shape index (κ1) is 15.5. The second kappa shape index (κ2) is 7.16. The summed E-state index contributed by atoms with van der Waals surface area (Å²) in [5, 5.41) is 20.5. The van der Waals surface area contributed by atoms with Crippen molar-refractivity contribution in [2.24, 2.45) is 0 Å². The van der Waals surface area contributed by atoms with Crippen LogP contribution in [0.25, 0.3) is 0 Å². The van der Waals surface area contributed by atoms with E-state index < -0.39 is 16.1 Å². The highest BCUT2D eigenvalue weighted by molar-refractivity contribution is 7.89. The molecule has 0 amide bonds. The molecule has 1 heterocycles. The molecule has 0 spiro atoms. The molecule has 19 heavy (non-hydrogen) atoms. The lowest BCUT2D eigenvalue weighted by atomic mass is 10.4. The summed E-state index contributed by atoms with van der Waals surface area (Å²) >= 11 is 0. The fourth-order valence-electron chi connectivity index (χ4n) is 1.27. The van der Waals surface area contributed by atoms with E-state index in [0.29, 0.717) is 13.1 Å². The number of aromatic nitrogens is 1. The van der Waals surface area contributed by atoms with Crippen molar-refractivity contribution < 1.29 is 13.5 Å². The van der Waals surface area contributed by atoms with Crippen molar-refractivity contribution in [3.05, 3.63) is 24.0 Å². The second-order valence-corrected chi connectivity index (χ2v) is 5.71. The number of pyridine rings is 1. The van der Waals surface area contributed by atoms with Gasteiger partial charge in [-0.05, 0) is 19.1 Å². The highest BCUT2D eigenvalue weighted by Gasteiger charge is 2.13. The molecular weight excluding hydrogens is 268 g/mol. The van der Waals surface area contributed by atoms with Gasteiger partial charge in [0.2, 0.25) is 10.0 Å². The first-order valence-corrected chi connectivity index (χ1v) is 7.18. The van der Waals surface area contributed by atoms with Gasteiger partial charge in [0.05, 0.1) is 6.10 Å². The predicted octanol–water partition coefficient (Wildman–Crippen LogP) is -0.798. The summed E-state index contributed by atoms with van der Waals surface area (Å²) in [6.07, 6.45) is 0.670. The SMILES string of the molecule is CC(O)CNCCNS(=O)(=O)c1ccc(C#N)nc1. The third kappa shape index (κ3) is 5.32. The van der Waals surface area contributed by atoms with Crippen LogP contribution in [0, 0.1) is 11.3 Å². The van der Waals surface area contributed by atoms with Crippen molar-refractivity contribution in [1.82, 2.24) is 15.0 Å². The van der Waals surface area contributed by atoms with E-state index in [9.17, 15) is 8.42 Å². The van der Waals surface area contributed by atoms with Crippen LogP contribution in [0.1, 0.15) is 12.6 Å². The molecule has 1 aromatic heterocycles. The first-order valence-electron chi connectivity index (χ1n) is 5.70. The van der Waals surface area contributed by atoms with Gasteiger partial charge in [-0.2, -0.15) is 5.26 Å². The van der Waals surface area contributed by atoms with Gasteiger partial charge in [0, 0.05) is 25.8 Å². The summed E-state index contributed by atoms with van der Waals surface area (Å²) < 4.78 is 26.0. The largest absolute Gasteiger partial charge is 0.392 e. The predicted molar refractivity (Wildman–Crippen MR) is 68.7 cm³/mol. The molecular formula is C11H16N4O3S. The summed E-state index contributed by atoms with van der Waals surface area (Å²) in [5.41, 5.74) is 0.164. The van der Waals surface area contributed by atoms with Crippen LogP contribution in [0.4, 0.5) is 0 Å². The van der Waals surface area contributed by atoms with Gasteiger partial charge in [-0.3, -0.25) is 0 Å². The number of hydrogen-bond acceptors (Lipinski definition) is 6. The van der Waals surface area contributed by atoms with E-state index >= 15 is 0 Å². The van der Waals surface area contributed by atoms with Crippen molar-refractivity contribution in [2.75, 3.05) is 19.6 Å². The molecule has 1 rings (SSSR count). The van der Waals surface area contributed by atoms with Crippen LogP contribution in [-0.4, -0.2) is 44.2 Å². The topological polar surface area (TPSA) is 115 Å². The number of nitrogens with one attached hydrogen (secondary N) is 2. The Bertz CT molecular complexity index is 534. The molecule has 8 heteroatoms. The Morgan fingerprint density at radius 1 is 1.47 bits per heavy atom. The van der Waals surface area contributed by atoms with E-state index in [1.807, 2.05) is 6.07 Å². The third-order valence-electron chi connectivity index (χ3n) is 2.19.